The molecule has 0 aliphatic heterocycles. The second-order valence-corrected chi connectivity index (χ2v) is 20.9. The summed E-state index contributed by atoms with van der Waals surface area (Å²) < 4.78 is 7.67. The molecule has 0 amide bonds. The zero-order chi connectivity index (χ0) is 46.1. The molecule has 3 heterocycles. The van der Waals surface area contributed by atoms with Crippen LogP contribution in [-0.2, 0) is 0 Å². The van der Waals surface area contributed by atoms with Crippen LogP contribution in [-0.4, -0.2) is 0 Å². The Hall–Kier alpha value is -8.26. The summed E-state index contributed by atoms with van der Waals surface area (Å²) in [7, 11) is 0. The van der Waals surface area contributed by atoms with Gasteiger partial charge >= 0.3 is 0 Å². The van der Waals surface area contributed by atoms with Crippen LogP contribution in [0.1, 0.15) is 0 Å². The number of hydrogen-bond donors (Lipinski definition) is 0. The summed E-state index contributed by atoms with van der Waals surface area (Å²) in [5.41, 5.74) is 10.2. The fraction of sp³-hybridized carbons (Fsp3) is 0. The van der Waals surface area contributed by atoms with Crippen LogP contribution >= 0.6 is 34.0 Å². The lowest BCUT2D eigenvalue weighted by Gasteiger charge is -2.29. The standard InChI is InChI=1S/C64H41N3S3/c1-3-17-44(18-4-1)65(48-30-29-42-15-7-8-16-43(42)39-48)46-31-33-47(34-32-46)67(58-26-14-24-55-52-22-10-12-28-60(52)70-64(55)58)49-36-38-61-56(40-49)53-37-35-50(41-62(53)68-61)66(45-19-5-2-6-20-45)57-25-13-23-54-51-21-9-11-27-59(51)69-63(54)57/h1-41H. The zero-order valence-corrected chi connectivity index (χ0v) is 40.2. The van der Waals surface area contributed by atoms with Crippen molar-refractivity contribution in [2.75, 3.05) is 14.7 Å². The molecule has 0 bridgehead atoms. The molecule has 3 nitrogen and oxygen atoms in total. The van der Waals surface area contributed by atoms with E-state index in [2.05, 4.69) is 263 Å². The third kappa shape index (κ3) is 6.83. The molecule has 0 fully saturated rings. The van der Waals surface area contributed by atoms with E-state index in [0.29, 0.717) is 0 Å². The van der Waals surface area contributed by atoms with Crippen LogP contribution in [0.15, 0.2) is 249 Å². The minimum Gasteiger partial charge on any atom is -0.310 e. The highest BCUT2D eigenvalue weighted by atomic mass is 32.1. The van der Waals surface area contributed by atoms with Crippen molar-refractivity contribution < 1.29 is 0 Å². The summed E-state index contributed by atoms with van der Waals surface area (Å²) in [6, 6.07) is 91.1. The van der Waals surface area contributed by atoms with Gasteiger partial charge in [-0.05, 0) is 126 Å². The van der Waals surface area contributed by atoms with Crippen LogP contribution in [0.25, 0.3) is 71.3 Å². The number of benzene rings is 11. The van der Waals surface area contributed by atoms with Crippen molar-refractivity contribution in [3.8, 4) is 0 Å². The molecule has 70 heavy (non-hydrogen) atoms. The van der Waals surface area contributed by atoms with Crippen molar-refractivity contribution in [2.24, 2.45) is 0 Å². The number of nitrogens with zero attached hydrogens (tertiary/aromatic N) is 3. The molecule has 330 valence electrons. The van der Waals surface area contributed by atoms with E-state index in [9.17, 15) is 0 Å². The maximum absolute atomic E-state index is 2.46. The number of hydrogen-bond acceptors (Lipinski definition) is 6. The van der Waals surface area contributed by atoms with Crippen molar-refractivity contribution in [2.45, 2.75) is 0 Å². The van der Waals surface area contributed by atoms with Crippen LogP contribution in [0.2, 0.25) is 0 Å². The Kier molecular flexibility index (Phi) is 9.76. The molecule has 0 aliphatic carbocycles. The summed E-state index contributed by atoms with van der Waals surface area (Å²) >= 11 is 5.60. The van der Waals surface area contributed by atoms with Gasteiger partial charge < -0.3 is 14.7 Å². The summed E-state index contributed by atoms with van der Waals surface area (Å²) in [5.74, 6) is 0. The highest BCUT2D eigenvalue weighted by Crippen LogP contribution is 2.49. The summed E-state index contributed by atoms with van der Waals surface area (Å²) in [6.45, 7) is 0. The molecule has 14 aromatic rings. The minimum absolute atomic E-state index is 1.09. The highest BCUT2D eigenvalue weighted by Gasteiger charge is 2.23. The Morgan fingerprint density at radius 2 is 0.643 bits per heavy atom. The average molecular weight is 948 g/mol. The van der Waals surface area contributed by atoms with Gasteiger partial charge in [0.15, 0.2) is 0 Å². The Bertz CT molecular complexity index is 4270. The fourth-order valence-electron chi connectivity index (χ4n) is 10.4. The fourth-order valence-corrected chi connectivity index (χ4v) is 13.9. The molecule has 0 atom stereocenters. The third-order valence-corrected chi connectivity index (χ3v) is 17.1. The molecular formula is C64H41N3S3. The van der Waals surface area contributed by atoms with E-state index in [-0.39, 0.29) is 0 Å². The zero-order valence-electron chi connectivity index (χ0n) is 37.7. The van der Waals surface area contributed by atoms with Gasteiger partial charge in [-0.2, -0.15) is 0 Å². The molecule has 0 unspecified atom stereocenters. The number of anilines is 9. The lowest BCUT2D eigenvalue weighted by molar-refractivity contribution is 1.27. The van der Waals surface area contributed by atoms with Gasteiger partial charge in [-0.1, -0.05) is 133 Å². The van der Waals surface area contributed by atoms with Crippen molar-refractivity contribution in [3.63, 3.8) is 0 Å². The second kappa shape index (κ2) is 16.8. The summed E-state index contributed by atoms with van der Waals surface area (Å²) in [4.78, 5) is 7.25. The molecule has 6 heteroatoms. The van der Waals surface area contributed by atoms with Gasteiger partial charge in [0, 0.05) is 90.9 Å². The van der Waals surface area contributed by atoms with Crippen LogP contribution in [0.5, 0.6) is 0 Å². The summed E-state index contributed by atoms with van der Waals surface area (Å²) in [6.07, 6.45) is 0. The number of thiophene rings is 3. The van der Waals surface area contributed by atoms with E-state index in [0.717, 1.165) is 45.5 Å². The number of rotatable bonds is 9. The minimum atomic E-state index is 1.09. The quantitative estimate of drug-likeness (QED) is 0.143. The van der Waals surface area contributed by atoms with Crippen LogP contribution in [0.4, 0.5) is 51.2 Å². The summed E-state index contributed by atoms with van der Waals surface area (Å²) in [5, 5.41) is 10.1. The molecule has 0 N–H and O–H groups in total. The van der Waals surface area contributed by atoms with E-state index >= 15 is 0 Å². The van der Waals surface area contributed by atoms with Gasteiger partial charge in [0.25, 0.3) is 0 Å². The van der Waals surface area contributed by atoms with Crippen LogP contribution in [0, 0.1) is 0 Å². The van der Waals surface area contributed by atoms with Crippen LogP contribution in [0.3, 0.4) is 0 Å². The topological polar surface area (TPSA) is 9.72 Å². The van der Waals surface area contributed by atoms with Crippen molar-refractivity contribution >= 4 is 156 Å². The number of para-hydroxylation sites is 2. The average Bonchev–Trinajstić information content (AvgIpc) is 4.12. The van der Waals surface area contributed by atoms with Gasteiger partial charge in [-0.3, -0.25) is 0 Å². The van der Waals surface area contributed by atoms with E-state index in [4.69, 9.17) is 0 Å². The Balaban J connectivity index is 0.912. The highest BCUT2D eigenvalue weighted by molar-refractivity contribution is 7.27. The monoisotopic (exact) mass is 947 g/mol. The van der Waals surface area contributed by atoms with Gasteiger partial charge in [0.1, 0.15) is 0 Å². The first-order chi connectivity index (χ1) is 34.7. The molecular weight excluding hydrogens is 907 g/mol. The molecule has 0 spiro atoms. The predicted octanol–water partition coefficient (Wildman–Crippen LogP) is 20.4. The normalized spacial score (nSPS) is 11.7. The van der Waals surface area contributed by atoms with Gasteiger partial charge in [-0.25, -0.2) is 0 Å². The molecule has 0 aliphatic rings. The smallest absolute Gasteiger partial charge is 0.0640 e. The maximum Gasteiger partial charge on any atom is 0.0640 e. The second-order valence-electron chi connectivity index (χ2n) is 17.7. The first-order valence-corrected chi connectivity index (χ1v) is 26.0. The third-order valence-electron chi connectivity index (χ3n) is 13.6. The SMILES string of the molecule is c1ccc(N(c2ccc(N(c3ccc4sc5cc(N(c6ccccc6)c6cccc7c6sc6ccccc67)ccc5c4c3)c3cccc4c3sc3ccccc34)cc2)c2ccc3ccccc3c2)cc1. The van der Waals surface area contributed by atoms with Gasteiger partial charge in [-0.15, -0.1) is 34.0 Å². The Morgan fingerprint density at radius 1 is 0.214 bits per heavy atom. The number of fused-ring (bicyclic) bond motifs is 10. The maximum atomic E-state index is 2.46. The Morgan fingerprint density at radius 3 is 1.29 bits per heavy atom. The predicted molar refractivity (Wildman–Crippen MR) is 307 cm³/mol. The van der Waals surface area contributed by atoms with Crippen molar-refractivity contribution in [3.05, 3.63) is 249 Å². The first kappa shape index (κ1) is 40.8. The lowest BCUT2D eigenvalue weighted by Crippen LogP contribution is -2.12. The molecule has 11 aromatic carbocycles. The molecule has 0 saturated heterocycles. The molecule has 3 aromatic heterocycles. The lowest BCUT2D eigenvalue weighted by atomic mass is 10.1. The molecule has 0 saturated carbocycles. The molecule has 0 radical (unpaired) electrons. The van der Waals surface area contributed by atoms with Crippen LogP contribution < -0.4 is 14.7 Å². The van der Waals surface area contributed by atoms with E-state index in [1.807, 2.05) is 34.0 Å². The van der Waals surface area contributed by atoms with E-state index in [1.54, 1.807) is 0 Å². The van der Waals surface area contributed by atoms with Crippen molar-refractivity contribution in [1.82, 2.24) is 0 Å². The largest absolute Gasteiger partial charge is 0.310 e. The Labute approximate surface area is 417 Å². The molecule has 14 rings (SSSR count). The van der Waals surface area contributed by atoms with E-state index < -0.39 is 0 Å². The first-order valence-electron chi connectivity index (χ1n) is 23.6. The van der Waals surface area contributed by atoms with Gasteiger partial charge in [0.05, 0.1) is 20.8 Å². The van der Waals surface area contributed by atoms with Gasteiger partial charge in [0.2, 0.25) is 0 Å². The van der Waals surface area contributed by atoms with E-state index in [1.165, 1.54) is 77.0 Å². The van der Waals surface area contributed by atoms with Crippen molar-refractivity contribution in [1.29, 1.82) is 0 Å².